The van der Waals surface area contributed by atoms with Gasteiger partial charge in [-0.1, -0.05) is 11.8 Å². The summed E-state index contributed by atoms with van der Waals surface area (Å²) in [7, 11) is 1.69. The molecule has 1 N–H and O–H groups in total. The van der Waals surface area contributed by atoms with Crippen LogP contribution in [-0.2, 0) is 4.74 Å². The smallest absolute Gasteiger partial charge is 0.183 e. The van der Waals surface area contributed by atoms with Crippen molar-refractivity contribution < 1.29 is 9.53 Å². The van der Waals surface area contributed by atoms with E-state index in [9.17, 15) is 4.79 Å². The van der Waals surface area contributed by atoms with E-state index in [1.807, 2.05) is 19.9 Å². The number of hydrogen-bond acceptors (Lipinski definition) is 5. The van der Waals surface area contributed by atoms with E-state index in [2.05, 4.69) is 26.7 Å². The highest BCUT2D eigenvalue weighted by molar-refractivity contribution is 7.99. The number of aromatic nitrogens is 4. The Bertz CT molecular complexity index is 607. The second-order valence-electron chi connectivity index (χ2n) is 4.96. The van der Waals surface area contributed by atoms with Crippen molar-refractivity contribution in [1.82, 2.24) is 19.7 Å². The normalized spacial score (nSPS) is 12.6. The summed E-state index contributed by atoms with van der Waals surface area (Å²) in [4.78, 5) is 16.4. The number of nitrogens with one attached hydrogen (secondary N) is 1. The fourth-order valence-electron chi connectivity index (χ4n) is 2.53. The van der Waals surface area contributed by atoms with Crippen LogP contribution >= 0.6 is 11.8 Å². The Balaban J connectivity index is 2.12. The first-order valence-corrected chi connectivity index (χ1v) is 7.71. The molecule has 0 aliphatic carbocycles. The topological polar surface area (TPSA) is 72.8 Å². The van der Waals surface area contributed by atoms with Crippen molar-refractivity contribution in [3.63, 3.8) is 0 Å². The quantitative estimate of drug-likeness (QED) is 0.628. The average Bonchev–Trinajstić information content (AvgIpc) is 3.04. The van der Waals surface area contributed by atoms with Gasteiger partial charge in [0.25, 0.3) is 0 Å². The van der Waals surface area contributed by atoms with Crippen molar-refractivity contribution in [1.29, 1.82) is 0 Å². The fourth-order valence-corrected chi connectivity index (χ4v) is 3.19. The molecule has 0 amide bonds. The maximum Gasteiger partial charge on any atom is 0.183 e. The number of ketones is 1. The van der Waals surface area contributed by atoms with Crippen molar-refractivity contribution in [2.75, 3.05) is 19.5 Å². The van der Waals surface area contributed by atoms with Crippen LogP contribution in [0.25, 0.3) is 0 Å². The maximum atomic E-state index is 12.4. The summed E-state index contributed by atoms with van der Waals surface area (Å²) in [6.07, 6.45) is 1.44. The van der Waals surface area contributed by atoms with Gasteiger partial charge in [-0.3, -0.25) is 9.89 Å². The number of H-pyrrole nitrogens is 1. The van der Waals surface area contributed by atoms with E-state index >= 15 is 0 Å². The third kappa shape index (κ3) is 3.54. The molecule has 6 nitrogen and oxygen atoms in total. The van der Waals surface area contributed by atoms with Gasteiger partial charge in [-0.2, -0.15) is 5.10 Å². The largest absolute Gasteiger partial charge is 0.383 e. The Morgan fingerprint density at radius 3 is 2.90 bits per heavy atom. The molecule has 0 bridgehead atoms. The number of hydrogen-bond donors (Lipinski definition) is 1. The Hall–Kier alpha value is -1.60. The summed E-state index contributed by atoms with van der Waals surface area (Å²) in [5.41, 5.74) is 2.83. The Kier molecular flexibility index (Phi) is 5.19. The van der Waals surface area contributed by atoms with E-state index < -0.39 is 0 Å². The van der Waals surface area contributed by atoms with Crippen molar-refractivity contribution >= 4 is 17.5 Å². The molecule has 21 heavy (non-hydrogen) atoms. The molecule has 2 aromatic rings. The second kappa shape index (κ2) is 6.91. The lowest BCUT2D eigenvalue weighted by Crippen LogP contribution is -2.14. The van der Waals surface area contributed by atoms with Crippen LogP contribution in [0.2, 0.25) is 0 Å². The number of ether oxygens (including phenoxy) is 1. The third-order valence-electron chi connectivity index (χ3n) is 3.37. The van der Waals surface area contributed by atoms with Gasteiger partial charge in [-0.05, 0) is 26.8 Å². The minimum Gasteiger partial charge on any atom is -0.383 e. The summed E-state index contributed by atoms with van der Waals surface area (Å²) in [5, 5.41) is 7.16. The van der Waals surface area contributed by atoms with Gasteiger partial charge in [-0.15, -0.1) is 0 Å². The van der Waals surface area contributed by atoms with Gasteiger partial charge in [0.05, 0.1) is 18.4 Å². The Morgan fingerprint density at radius 1 is 1.52 bits per heavy atom. The number of Topliss-reactive ketones (excluding diaryl/α,β-unsaturated/α-hetero) is 1. The van der Waals surface area contributed by atoms with E-state index in [0.29, 0.717) is 17.5 Å². The molecule has 0 aliphatic rings. The predicted octanol–water partition coefficient (Wildman–Crippen LogP) is 2.41. The zero-order valence-corrected chi connectivity index (χ0v) is 13.5. The molecular formula is C14H20N4O2S. The minimum absolute atomic E-state index is 0.0976. The molecule has 1 atom stereocenters. The monoisotopic (exact) mass is 308 g/mol. The lowest BCUT2D eigenvalue weighted by molar-refractivity contribution is 0.102. The highest BCUT2D eigenvalue weighted by Crippen LogP contribution is 2.23. The summed E-state index contributed by atoms with van der Waals surface area (Å²) >= 11 is 1.36. The van der Waals surface area contributed by atoms with Gasteiger partial charge in [-0.25, -0.2) is 4.98 Å². The first kappa shape index (κ1) is 15.8. The van der Waals surface area contributed by atoms with Gasteiger partial charge >= 0.3 is 0 Å². The molecule has 0 unspecified atom stereocenters. The van der Waals surface area contributed by atoms with E-state index in [1.54, 1.807) is 7.11 Å². The number of nitrogens with zero attached hydrogens (tertiary/aromatic N) is 3. The van der Waals surface area contributed by atoms with E-state index in [-0.39, 0.29) is 11.8 Å². The fraction of sp³-hybridized carbons (Fsp3) is 0.500. The van der Waals surface area contributed by atoms with Crippen molar-refractivity contribution in [3.8, 4) is 0 Å². The van der Waals surface area contributed by atoms with Gasteiger partial charge in [0, 0.05) is 24.1 Å². The molecule has 0 aromatic carbocycles. The molecule has 0 aliphatic heterocycles. The van der Waals surface area contributed by atoms with E-state index in [1.165, 1.54) is 18.1 Å². The molecule has 0 fully saturated rings. The zero-order chi connectivity index (χ0) is 15.4. The molecule has 0 saturated carbocycles. The van der Waals surface area contributed by atoms with Gasteiger partial charge in [0.15, 0.2) is 10.9 Å². The standard InChI is InChI=1S/C14H20N4O2S/c1-9-5-12(11(3)18(9)10(2)6-20-4)13(19)7-21-14-15-8-16-17-14/h5,8,10H,6-7H2,1-4H3,(H,15,16,17)/t10-/m0/s1. The number of methoxy groups -OCH3 is 1. The van der Waals surface area contributed by atoms with Crippen LogP contribution in [0.3, 0.4) is 0 Å². The van der Waals surface area contributed by atoms with Crippen molar-refractivity contribution in [3.05, 3.63) is 29.3 Å². The van der Waals surface area contributed by atoms with Crippen LogP contribution in [0.5, 0.6) is 0 Å². The molecule has 0 spiro atoms. The number of aromatic amines is 1. The van der Waals surface area contributed by atoms with Crippen LogP contribution < -0.4 is 0 Å². The summed E-state index contributed by atoms with van der Waals surface area (Å²) in [5.74, 6) is 0.443. The number of aryl methyl sites for hydroxylation is 1. The Labute approximate surface area is 128 Å². The summed E-state index contributed by atoms with van der Waals surface area (Å²) in [6, 6.07) is 2.16. The highest BCUT2D eigenvalue weighted by Gasteiger charge is 2.19. The van der Waals surface area contributed by atoms with Crippen LogP contribution in [0.15, 0.2) is 17.6 Å². The summed E-state index contributed by atoms with van der Waals surface area (Å²) < 4.78 is 7.35. The number of thioether (sulfide) groups is 1. The molecule has 7 heteroatoms. The van der Waals surface area contributed by atoms with E-state index in [4.69, 9.17) is 4.74 Å². The molecular weight excluding hydrogens is 288 g/mol. The first-order valence-electron chi connectivity index (χ1n) is 6.73. The Morgan fingerprint density at radius 2 is 2.29 bits per heavy atom. The second-order valence-corrected chi connectivity index (χ2v) is 5.93. The number of carbonyl (C=O) groups excluding carboxylic acids is 1. The van der Waals surface area contributed by atoms with Crippen molar-refractivity contribution in [2.45, 2.75) is 32.0 Å². The van der Waals surface area contributed by atoms with Gasteiger partial charge in [0.2, 0.25) is 0 Å². The first-order chi connectivity index (χ1) is 10.0. The van der Waals surface area contributed by atoms with Crippen LogP contribution in [0.1, 0.15) is 34.7 Å². The SMILES string of the molecule is COC[C@H](C)n1c(C)cc(C(=O)CSc2ncn[nH]2)c1C. The minimum atomic E-state index is 0.0976. The molecule has 2 heterocycles. The highest BCUT2D eigenvalue weighted by atomic mass is 32.2. The van der Waals surface area contributed by atoms with Crippen LogP contribution in [0.4, 0.5) is 0 Å². The number of rotatable bonds is 7. The predicted molar refractivity (Wildman–Crippen MR) is 81.9 cm³/mol. The lowest BCUT2D eigenvalue weighted by Gasteiger charge is -2.17. The third-order valence-corrected chi connectivity index (χ3v) is 4.24. The molecule has 2 rings (SSSR count). The summed E-state index contributed by atoms with van der Waals surface area (Å²) in [6.45, 7) is 6.70. The van der Waals surface area contributed by atoms with Gasteiger partial charge < -0.3 is 9.30 Å². The number of carbonyl (C=O) groups is 1. The van der Waals surface area contributed by atoms with Crippen LogP contribution in [0, 0.1) is 13.8 Å². The zero-order valence-electron chi connectivity index (χ0n) is 12.7. The van der Waals surface area contributed by atoms with Crippen molar-refractivity contribution in [2.24, 2.45) is 0 Å². The lowest BCUT2D eigenvalue weighted by atomic mass is 10.2. The average molecular weight is 308 g/mol. The molecule has 0 saturated heterocycles. The maximum absolute atomic E-state index is 12.4. The molecule has 0 radical (unpaired) electrons. The van der Waals surface area contributed by atoms with Crippen LogP contribution in [-0.4, -0.2) is 45.0 Å². The molecule has 2 aromatic heterocycles. The van der Waals surface area contributed by atoms with Gasteiger partial charge in [0.1, 0.15) is 6.33 Å². The van der Waals surface area contributed by atoms with E-state index in [0.717, 1.165) is 17.0 Å². The molecule has 114 valence electrons.